The molecule has 0 amide bonds. The Morgan fingerprint density at radius 1 is 0.792 bits per heavy atom. The number of hydrogen-bond acceptors (Lipinski definition) is 2. The average molecular weight is 340 g/mol. The van der Waals surface area contributed by atoms with E-state index in [2.05, 4.69) is 72.0 Å². The van der Waals surface area contributed by atoms with Gasteiger partial charge in [-0.2, -0.15) is 0 Å². The minimum atomic E-state index is 0. The molecular weight excluding hydrogens is 318 g/mol. The van der Waals surface area contributed by atoms with Gasteiger partial charge in [-0.15, -0.1) is 12.4 Å². The van der Waals surface area contributed by atoms with E-state index in [9.17, 15) is 0 Å². The van der Waals surface area contributed by atoms with Crippen molar-refractivity contribution >= 4 is 18.1 Å². The van der Waals surface area contributed by atoms with Crippen molar-refractivity contribution in [3.63, 3.8) is 0 Å². The van der Waals surface area contributed by atoms with Crippen LogP contribution in [0.3, 0.4) is 0 Å². The Labute approximate surface area is 149 Å². The van der Waals surface area contributed by atoms with Crippen molar-refractivity contribution in [1.82, 2.24) is 0 Å². The Bertz CT molecular complexity index is 672. The molecule has 0 bridgehead atoms. The van der Waals surface area contributed by atoms with E-state index in [0.29, 0.717) is 0 Å². The monoisotopic (exact) mass is 339 g/mol. The quantitative estimate of drug-likeness (QED) is 0.639. The lowest BCUT2D eigenvalue weighted by Gasteiger charge is -2.21. The highest BCUT2D eigenvalue weighted by atomic mass is 35.5. The van der Waals surface area contributed by atoms with Crippen molar-refractivity contribution in [3.8, 4) is 5.75 Å². The molecule has 0 aliphatic heterocycles. The van der Waals surface area contributed by atoms with Crippen LogP contribution < -0.4 is 10.1 Å². The molecule has 0 heterocycles. The van der Waals surface area contributed by atoms with Crippen LogP contribution in [0.5, 0.6) is 5.75 Å². The lowest BCUT2D eigenvalue weighted by molar-refractivity contribution is 0.414. The van der Waals surface area contributed by atoms with E-state index in [1.54, 1.807) is 7.11 Å². The molecule has 0 aromatic heterocycles. The van der Waals surface area contributed by atoms with E-state index in [-0.39, 0.29) is 18.4 Å². The Kier molecular flexibility index (Phi) is 6.71. The summed E-state index contributed by atoms with van der Waals surface area (Å²) in [6.45, 7) is 0. The Morgan fingerprint density at radius 2 is 1.38 bits per heavy atom. The minimum Gasteiger partial charge on any atom is -0.497 e. The fourth-order valence-corrected chi connectivity index (χ4v) is 2.67. The zero-order valence-electron chi connectivity index (χ0n) is 13.7. The third kappa shape index (κ3) is 4.77. The first kappa shape index (κ1) is 17.9. The van der Waals surface area contributed by atoms with Gasteiger partial charge in [0, 0.05) is 5.69 Å². The van der Waals surface area contributed by atoms with Crippen molar-refractivity contribution in [3.05, 3.63) is 96.1 Å². The van der Waals surface area contributed by atoms with Crippen molar-refractivity contribution < 1.29 is 4.74 Å². The Balaban J connectivity index is 0.00000208. The fraction of sp³-hybridized carbons (Fsp3) is 0.143. The fourth-order valence-electron chi connectivity index (χ4n) is 2.67. The van der Waals surface area contributed by atoms with Crippen molar-refractivity contribution in [2.75, 3.05) is 12.4 Å². The summed E-state index contributed by atoms with van der Waals surface area (Å²) >= 11 is 0. The predicted molar refractivity (Wildman–Crippen MR) is 103 cm³/mol. The van der Waals surface area contributed by atoms with E-state index in [0.717, 1.165) is 17.9 Å². The normalized spacial score (nSPS) is 11.2. The summed E-state index contributed by atoms with van der Waals surface area (Å²) in [5, 5.41) is 3.64. The molecule has 3 aromatic carbocycles. The number of nitrogens with one attached hydrogen (secondary N) is 1. The minimum absolute atomic E-state index is 0. The maximum atomic E-state index is 5.27. The highest BCUT2D eigenvalue weighted by Gasteiger charge is 2.12. The van der Waals surface area contributed by atoms with Crippen LogP contribution in [0.25, 0.3) is 0 Å². The van der Waals surface area contributed by atoms with E-state index >= 15 is 0 Å². The molecule has 0 aliphatic rings. The summed E-state index contributed by atoms with van der Waals surface area (Å²) in [5.41, 5.74) is 3.69. The van der Waals surface area contributed by atoms with Crippen LogP contribution in [0.15, 0.2) is 84.9 Å². The summed E-state index contributed by atoms with van der Waals surface area (Å²) in [7, 11) is 1.69. The standard InChI is InChI=1S/C21H21NO.ClH/c1-23-20-14-12-18(13-15-20)21(16-17-8-4-2-5-9-17)22-19-10-6-3-7-11-19;/h2-15,21-22H,16H2,1H3;1H. The molecule has 124 valence electrons. The highest BCUT2D eigenvalue weighted by molar-refractivity contribution is 5.85. The molecule has 0 saturated heterocycles. The molecular formula is C21H22ClNO. The number of halogens is 1. The topological polar surface area (TPSA) is 21.3 Å². The molecule has 3 aromatic rings. The summed E-state index contributed by atoms with van der Waals surface area (Å²) in [4.78, 5) is 0. The summed E-state index contributed by atoms with van der Waals surface area (Å²) in [5.74, 6) is 0.881. The van der Waals surface area contributed by atoms with Gasteiger partial charge in [-0.25, -0.2) is 0 Å². The summed E-state index contributed by atoms with van der Waals surface area (Å²) < 4.78 is 5.27. The first-order valence-corrected chi connectivity index (χ1v) is 7.84. The molecule has 3 rings (SSSR count). The molecule has 24 heavy (non-hydrogen) atoms. The second-order valence-corrected chi connectivity index (χ2v) is 5.53. The van der Waals surface area contributed by atoms with Crippen molar-refractivity contribution in [2.24, 2.45) is 0 Å². The summed E-state index contributed by atoms with van der Waals surface area (Å²) in [6, 6.07) is 29.4. The van der Waals surface area contributed by atoms with Crippen LogP contribution in [-0.2, 0) is 6.42 Å². The van der Waals surface area contributed by atoms with Crippen molar-refractivity contribution in [2.45, 2.75) is 12.5 Å². The van der Waals surface area contributed by atoms with Gasteiger partial charge in [0.05, 0.1) is 13.2 Å². The second kappa shape index (κ2) is 8.99. The Morgan fingerprint density at radius 3 is 1.96 bits per heavy atom. The molecule has 0 saturated carbocycles. The smallest absolute Gasteiger partial charge is 0.118 e. The number of benzene rings is 3. The predicted octanol–water partition coefficient (Wildman–Crippen LogP) is 5.51. The van der Waals surface area contributed by atoms with Crippen LogP contribution >= 0.6 is 12.4 Å². The molecule has 1 unspecified atom stereocenters. The van der Waals surface area contributed by atoms with Gasteiger partial charge in [-0.3, -0.25) is 0 Å². The van der Waals surface area contributed by atoms with Crippen molar-refractivity contribution in [1.29, 1.82) is 0 Å². The van der Waals surface area contributed by atoms with Gasteiger partial charge in [0.15, 0.2) is 0 Å². The van der Waals surface area contributed by atoms with E-state index < -0.39 is 0 Å². The van der Waals surface area contributed by atoms with Crippen LogP contribution in [0.2, 0.25) is 0 Å². The number of para-hydroxylation sites is 1. The number of hydrogen-bond donors (Lipinski definition) is 1. The number of rotatable bonds is 6. The van der Waals surface area contributed by atoms with Gasteiger partial charge >= 0.3 is 0 Å². The maximum Gasteiger partial charge on any atom is 0.118 e. The Hall–Kier alpha value is -2.45. The van der Waals surface area contributed by atoms with Crippen LogP contribution in [0, 0.1) is 0 Å². The number of methoxy groups -OCH3 is 1. The highest BCUT2D eigenvalue weighted by Crippen LogP contribution is 2.25. The molecule has 3 heteroatoms. The number of ether oxygens (including phenoxy) is 1. The van der Waals surface area contributed by atoms with Gasteiger partial charge in [0.25, 0.3) is 0 Å². The first-order chi connectivity index (χ1) is 11.3. The molecule has 0 aliphatic carbocycles. The lowest BCUT2D eigenvalue weighted by Crippen LogP contribution is -2.13. The molecule has 0 radical (unpaired) electrons. The first-order valence-electron chi connectivity index (χ1n) is 7.84. The van der Waals surface area contributed by atoms with Crippen LogP contribution in [0.4, 0.5) is 5.69 Å². The van der Waals surface area contributed by atoms with E-state index in [4.69, 9.17) is 4.74 Å². The van der Waals surface area contributed by atoms with Gasteiger partial charge in [-0.05, 0) is 41.8 Å². The largest absolute Gasteiger partial charge is 0.497 e. The van der Waals surface area contributed by atoms with Crippen LogP contribution in [0.1, 0.15) is 17.2 Å². The van der Waals surface area contributed by atoms with Gasteiger partial charge < -0.3 is 10.1 Å². The lowest BCUT2D eigenvalue weighted by atomic mass is 9.98. The summed E-state index contributed by atoms with van der Waals surface area (Å²) in [6.07, 6.45) is 0.933. The average Bonchev–Trinajstić information content (AvgIpc) is 2.63. The van der Waals surface area contributed by atoms with Gasteiger partial charge in [0.1, 0.15) is 5.75 Å². The molecule has 0 fully saturated rings. The number of anilines is 1. The van der Waals surface area contributed by atoms with E-state index in [1.807, 2.05) is 18.2 Å². The maximum absolute atomic E-state index is 5.27. The SMILES string of the molecule is COc1ccc(C(Cc2ccccc2)Nc2ccccc2)cc1.Cl. The van der Waals surface area contributed by atoms with Crippen LogP contribution in [-0.4, -0.2) is 7.11 Å². The zero-order chi connectivity index (χ0) is 15.9. The van der Waals surface area contributed by atoms with Gasteiger partial charge in [0.2, 0.25) is 0 Å². The molecule has 1 N–H and O–H groups in total. The molecule has 2 nitrogen and oxygen atoms in total. The third-order valence-electron chi connectivity index (χ3n) is 3.92. The van der Waals surface area contributed by atoms with E-state index in [1.165, 1.54) is 11.1 Å². The molecule has 1 atom stereocenters. The van der Waals surface area contributed by atoms with Gasteiger partial charge in [-0.1, -0.05) is 60.7 Å². The zero-order valence-corrected chi connectivity index (χ0v) is 14.5. The third-order valence-corrected chi connectivity index (χ3v) is 3.92. The molecule has 0 spiro atoms. The second-order valence-electron chi connectivity index (χ2n) is 5.53.